The van der Waals surface area contributed by atoms with Crippen molar-refractivity contribution in [3.63, 3.8) is 0 Å². The van der Waals surface area contributed by atoms with Gasteiger partial charge in [0.1, 0.15) is 0 Å². The highest BCUT2D eigenvalue weighted by Gasteiger charge is 2.32. The topological polar surface area (TPSA) is 0 Å². The Morgan fingerprint density at radius 3 is 1.67 bits per heavy atom. The van der Waals surface area contributed by atoms with E-state index in [0.717, 1.165) is 6.42 Å². The lowest BCUT2D eigenvalue weighted by atomic mass is 9.97. The number of hydrogen-bond acceptors (Lipinski definition) is 0. The molecular weight excluding hydrogens is 307 g/mol. The molecule has 0 aromatic heterocycles. The van der Waals surface area contributed by atoms with Crippen molar-refractivity contribution in [3.05, 3.63) is 109 Å². The maximum Gasteiger partial charge on any atom is 0.0122 e. The predicted molar refractivity (Wildman–Crippen MR) is 106 cm³/mol. The molecule has 118 valence electrons. The Balaban J connectivity index is 1.77. The minimum Gasteiger partial charge on any atom is -0.0872 e. The molecule has 0 N–H and O–H groups in total. The van der Waals surface area contributed by atoms with Gasteiger partial charge in [-0.1, -0.05) is 103 Å². The monoisotopic (exact) mass is 328 g/mol. The van der Waals surface area contributed by atoms with Crippen molar-refractivity contribution < 1.29 is 0 Å². The highest BCUT2D eigenvalue weighted by Crippen LogP contribution is 2.50. The Hall–Kier alpha value is -2.17. The third-order valence-corrected chi connectivity index (χ3v) is 7.57. The summed E-state index contributed by atoms with van der Waals surface area (Å²) >= 11 is 0. The van der Waals surface area contributed by atoms with Crippen LogP contribution in [0.25, 0.3) is 0 Å². The number of hydrogen-bond donors (Lipinski definition) is 0. The van der Waals surface area contributed by atoms with Gasteiger partial charge in [0.05, 0.1) is 0 Å². The van der Waals surface area contributed by atoms with Crippen LogP contribution in [0.3, 0.4) is 0 Å². The summed E-state index contributed by atoms with van der Waals surface area (Å²) in [5.41, 5.74) is 2.03. The maximum atomic E-state index is 2.46. The maximum absolute atomic E-state index is 2.46. The first-order valence-corrected chi connectivity index (χ1v) is 9.95. The first-order valence-electron chi connectivity index (χ1n) is 8.54. The molecule has 0 saturated heterocycles. The highest BCUT2D eigenvalue weighted by atomic mass is 31.1. The van der Waals surface area contributed by atoms with Crippen LogP contribution in [-0.2, 0) is 0 Å². The van der Waals surface area contributed by atoms with Gasteiger partial charge in [0.25, 0.3) is 0 Å². The SMILES string of the molecule is C1=C[C@@H](P(c2ccccc2)c2ccccc2)C(c2ccccc2)C1. The first-order chi connectivity index (χ1) is 11.9. The zero-order valence-corrected chi connectivity index (χ0v) is 14.5. The van der Waals surface area contributed by atoms with Gasteiger partial charge in [0.15, 0.2) is 0 Å². The lowest BCUT2D eigenvalue weighted by molar-refractivity contribution is 0.763. The van der Waals surface area contributed by atoms with Crippen molar-refractivity contribution in [3.8, 4) is 0 Å². The van der Waals surface area contributed by atoms with Crippen LogP contribution in [0.5, 0.6) is 0 Å². The molecule has 3 aromatic rings. The number of rotatable bonds is 4. The van der Waals surface area contributed by atoms with Crippen LogP contribution in [0.1, 0.15) is 17.9 Å². The summed E-state index contributed by atoms with van der Waals surface area (Å²) in [6, 6.07) is 33.1. The van der Waals surface area contributed by atoms with Crippen molar-refractivity contribution >= 4 is 18.5 Å². The summed E-state index contributed by atoms with van der Waals surface area (Å²) in [6.07, 6.45) is 5.99. The highest BCUT2D eigenvalue weighted by molar-refractivity contribution is 7.73. The quantitative estimate of drug-likeness (QED) is 0.454. The van der Waals surface area contributed by atoms with Crippen LogP contribution in [0.4, 0.5) is 0 Å². The molecule has 3 aromatic carbocycles. The molecule has 0 fully saturated rings. The van der Waals surface area contributed by atoms with Crippen LogP contribution in [0.15, 0.2) is 103 Å². The Labute approximate surface area is 145 Å². The molecule has 0 bridgehead atoms. The number of benzene rings is 3. The van der Waals surface area contributed by atoms with Crippen LogP contribution in [0, 0.1) is 0 Å². The molecule has 4 rings (SSSR count). The molecule has 1 heteroatoms. The molecule has 1 unspecified atom stereocenters. The molecule has 0 radical (unpaired) electrons. The lowest BCUT2D eigenvalue weighted by Gasteiger charge is -2.30. The van der Waals surface area contributed by atoms with Crippen molar-refractivity contribution in [1.29, 1.82) is 0 Å². The lowest BCUT2D eigenvalue weighted by Crippen LogP contribution is -2.23. The molecule has 0 saturated carbocycles. The molecule has 0 nitrogen and oxygen atoms in total. The molecule has 0 spiro atoms. The Bertz CT molecular complexity index is 754. The molecule has 1 aliphatic carbocycles. The molecule has 2 atom stereocenters. The largest absolute Gasteiger partial charge is 0.0872 e. The normalized spacial score (nSPS) is 19.7. The molecule has 24 heavy (non-hydrogen) atoms. The fraction of sp³-hybridized carbons (Fsp3) is 0.130. The Kier molecular flexibility index (Phi) is 4.58. The van der Waals surface area contributed by atoms with Gasteiger partial charge in [0.2, 0.25) is 0 Å². The molecule has 0 amide bonds. The molecule has 0 aliphatic heterocycles. The van der Waals surface area contributed by atoms with Crippen molar-refractivity contribution in [2.75, 3.05) is 0 Å². The van der Waals surface area contributed by atoms with E-state index in [-0.39, 0.29) is 0 Å². The summed E-state index contributed by atoms with van der Waals surface area (Å²) in [5, 5.41) is 2.94. The average Bonchev–Trinajstić information content (AvgIpc) is 3.14. The first kappa shape index (κ1) is 15.4. The van der Waals surface area contributed by atoms with Crippen molar-refractivity contribution in [2.24, 2.45) is 0 Å². The second-order valence-corrected chi connectivity index (χ2v) is 8.58. The molecular formula is C23H21P. The average molecular weight is 328 g/mol. The van der Waals surface area contributed by atoms with E-state index in [1.54, 1.807) is 0 Å². The van der Waals surface area contributed by atoms with Gasteiger partial charge in [-0.3, -0.25) is 0 Å². The van der Waals surface area contributed by atoms with Gasteiger partial charge >= 0.3 is 0 Å². The van der Waals surface area contributed by atoms with Crippen molar-refractivity contribution in [1.82, 2.24) is 0 Å². The van der Waals surface area contributed by atoms with Gasteiger partial charge < -0.3 is 0 Å². The summed E-state index contributed by atoms with van der Waals surface area (Å²) in [6.45, 7) is 0. The summed E-state index contributed by atoms with van der Waals surface area (Å²) < 4.78 is 0. The standard InChI is InChI=1S/C23H21P/c1-4-11-19(12-5-1)22-17-10-18-23(22)24(20-13-6-2-7-14-20)21-15-8-3-9-16-21/h1-16,18,22-23H,17H2/t22?,23-/m1/s1. The van der Waals surface area contributed by atoms with E-state index in [1.807, 2.05) is 0 Å². The third-order valence-electron chi connectivity index (χ3n) is 4.73. The van der Waals surface area contributed by atoms with Gasteiger partial charge in [0, 0.05) is 5.66 Å². The summed E-state index contributed by atoms with van der Waals surface area (Å²) in [5.74, 6) is 0.581. The van der Waals surface area contributed by atoms with Gasteiger partial charge in [-0.2, -0.15) is 0 Å². The fourth-order valence-electron chi connectivity index (χ4n) is 3.61. The summed E-state index contributed by atoms with van der Waals surface area (Å²) in [7, 11) is -0.402. The fourth-order valence-corrected chi connectivity index (χ4v) is 6.53. The zero-order chi connectivity index (χ0) is 16.2. The van der Waals surface area contributed by atoms with Crippen LogP contribution >= 0.6 is 7.92 Å². The van der Waals surface area contributed by atoms with E-state index in [1.165, 1.54) is 16.2 Å². The molecule has 0 heterocycles. The minimum absolute atomic E-state index is 0.402. The smallest absolute Gasteiger partial charge is 0.0122 e. The van der Waals surface area contributed by atoms with Gasteiger partial charge in [-0.15, -0.1) is 0 Å². The second-order valence-electron chi connectivity index (χ2n) is 6.21. The summed E-state index contributed by atoms with van der Waals surface area (Å²) in [4.78, 5) is 0. The minimum atomic E-state index is -0.402. The van der Waals surface area contributed by atoms with Gasteiger partial charge in [-0.25, -0.2) is 0 Å². The Morgan fingerprint density at radius 2 is 1.12 bits per heavy atom. The van der Waals surface area contributed by atoms with E-state index in [0.29, 0.717) is 11.6 Å². The van der Waals surface area contributed by atoms with Crippen LogP contribution in [-0.4, -0.2) is 5.66 Å². The predicted octanol–water partition coefficient (Wildman–Crippen LogP) is 5.23. The van der Waals surface area contributed by atoms with E-state index >= 15 is 0 Å². The van der Waals surface area contributed by atoms with E-state index in [4.69, 9.17) is 0 Å². The van der Waals surface area contributed by atoms with E-state index in [2.05, 4.69) is 103 Å². The van der Waals surface area contributed by atoms with Crippen LogP contribution < -0.4 is 10.6 Å². The van der Waals surface area contributed by atoms with Gasteiger partial charge in [-0.05, 0) is 36.4 Å². The van der Waals surface area contributed by atoms with E-state index < -0.39 is 7.92 Å². The Morgan fingerprint density at radius 1 is 0.625 bits per heavy atom. The zero-order valence-electron chi connectivity index (χ0n) is 13.6. The van der Waals surface area contributed by atoms with E-state index in [9.17, 15) is 0 Å². The third kappa shape index (κ3) is 3.07. The second kappa shape index (κ2) is 7.16. The van der Waals surface area contributed by atoms with Crippen LogP contribution in [0.2, 0.25) is 0 Å². The van der Waals surface area contributed by atoms with Crippen molar-refractivity contribution in [2.45, 2.75) is 18.0 Å². The number of allylic oxidation sites excluding steroid dienone is 2. The molecule has 1 aliphatic rings.